The molecule has 0 bridgehead atoms. The van der Waals surface area contributed by atoms with Crippen molar-refractivity contribution in [2.75, 3.05) is 32.8 Å². The third-order valence-corrected chi connectivity index (χ3v) is 6.03. The first kappa shape index (κ1) is 14.0. The monoisotopic (exact) mass is 296 g/mol. The Morgan fingerprint density at radius 1 is 1.05 bits per heavy atom. The molecule has 1 atom stereocenters. The Bertz CT molecular complexity index is 541. The van der Waals surface area contributed by atoms with Crippen molar-refractivity contribution in [1.82, 2.24) is 8.61 Å². The normalized spacial score (nSPS) is 25.9. The summed E-state index contributed by atoms with van der Waals surface area (Å²) in [5.74, 6) is 0. The largest absolute Gasteiger partial charge is 0.379 e. The highest BCUT2D eigenvalue weighted by Crippen LogP contribution is 2.35. The first-order chi connectivity index (χ1) is 9.69. The lowest BCUT2D eigenvalue weighted by atomic mass is 10.1. The molecule has 1 unspecified atom stereocenters. The van der Waals surface area contributed by atoms with E-state index < -0.39 is 10.2 Å². The summed E-state index contributed by atoms with van der Waals surface area (Å²) in [6, 6.07) is 9.89. The van der Waals surface area contributed by atoms with Gasteiger partial charge in [-0.05, 0) is 18.4 Å². The molecule has 0 radical (unpaired) electrons. The van der Waals surface area contributed by atoms with Crippen molar-refractivity contribution in [1.29, 1.82) is 0 Å². The maximum atomic E-state index is 12.8. The molecule has 20 heavy (non-hydrogen) atoms. The quantitative estimate of drug-likeness (QED) is 0.847. The van der Waals surface area contributed by atoms with Crippen LogP contribution in [0, 0.1) is 0 Å². The Labute approximate surface area is 120 Å². The third kappa shape index (κ3) is 2.61. The van der Waals surface area contributed by atoms with Gasteiger partial charge in [-0.1, -0.05) is 30.3 Å². The van der Waals surface area contributed by atoms with Crippen LogP contribution in [0.1, 0.15) is 24.4 Å². The molecule has 2 fully saturated rings. The maximum Gasteiger partial charge on any atom is 0.282 e. The summed E-state index contributed by atoms with van der Waals surface area (Å²) in [5, 5.41) is 0. The predicted octanol–water partition coefficient (Wildman–Crippen LogP) is 1.40. The molecule has 0 aromatic heterocycles. The molecule has 0 N–H and O–H groups in total. The fourth-order valence-corrected chi connectivity index (χ4v) is 4.77. The Morgan fingerprint density at radius 3 is 2.45 bits per heavy atom. The maximum absolute atomic E-state index is 12.8. The Morgan fingerprint density at radius 2 is 1.75 bits per heavy atom. The average molecular weight is 296 g/mol. The highest BCUT2D eigenvalue weighted by molar-refractivity contribution is 7.86. The van der Waals surface area contributed by atoms with E-state index in [1.807, 2.05) is 30.3 Å². The fourth-order valence-electron chi connectivity index (χ4n) is 2.95. The zero-order chi connectivity index (χ0) is 14.0. The van der Waals surface area contributed by atoms with Gasteiger partial charge in [0.2, 0.25) is 0 Å². The SMILES string of the molecule is O=S(=O)(N1CCOCC1)N1CCCC1c1ccccc1. The minimum absolute atomic E-state index is 0.0240. The number of hydrogen-bond donors (Lipinski definition) is 0. The van der Waals surface area contributed by atoms with Crippen molar-refractivity contribution in [3.8, 4) is 0 Å². The number of rotatable bonds is 3. The van der Waals surface area contributed by atoms with Crippen LogP contribution in [0.2, 0.25) is 0 Å². The van der Waals surface area contributed by atoms with Crippen LogP contribution in [0.25, 0.3) is 0 Å². The van der Waals surface area contributed by atoms with Gasteiger partial charge in [0.25, 0.3) is 10.2 Å². The van der Waals surface area contributed by atoms with E-state index >= 15 is 0 Å². The van der Waals surface area contributed by atoms with Gasteiger partial charge in [-0.3, -0.25) is 0 Å². The van der Waals surface area contributed by atoms with Crippen molar-refractivity contribution in [3.63, 3.8) is 0 Å². The zero-order valence-corrected chi connectivity index (χ0v) is 12.3. The van der Waals surface area contributed by atoms with E-state index in [4.69, 9.17) is 4.74 Å². The van der Waals surface area contributed by atoms with E-state index in [-0.39, 0.29) is 6.04 Å². The van der Waals surface area contributed by atoms with E-state index in [0.717, 1.165) is 18.4 Å². The molecule has 5 nitrogen and oxygen atoms in total. The van der Waals surface area contributed by atoms with Crippen molar-refractivity contribution in [3.05, 3.63) is 35.9 Å². The number of benzene rings is 1. The summed E-state index contributed by atoms with van der Waals surface area (Å²) in [6.07, 6.45) is 1.82. The van der Waals surface area contributed by atoms with E-state index in [9.17, 15) is 8.42 Å². The zero-order valence-electron chi connectivity index (χ0n) is 11.4. The molecule has 0 spiro atoms. The molecule has 1 aromatic rings. The van der Waals surface area contributed by atoms with E-state index in [1.165, 1.54) is 0 Å². The Hall–Kier alpha value is -0.950. The van der Waals surface area contributed by atoms with E-state index in [1.54, 1.807) is 8.61 Å². The first-order valence-corrected chi connectivity index (χ1v) is 8.49. The number of morpholine rings is 1. The van der Waals surface area contributed by atoms with Gasteiger partial charge in [0.1, 0.15) is 0 Å². The molecule has 2 aliphatic rings. The minimum atomic E-state index is -3.37. The predicted molar refractivity (Wildman–Crippen MR) is 76.4 cm³/mol. The smallest absolute Gasteiger partial charge is 0.282 e. The van der Waals surface area contributed by atoms with Gasteiger partial charge >= 0.3 is 0 Å². The van der Waals surface area contributed by atoms with Crippen LogP contribution in [0.3, 0.4) is 0 Å². The molecule has 0 saturated carbocycles. The summed E-state index contributed by atoms with van der Waals surface area (Å²) >= 11 is 0. The summed E-state index contributed by atoms with van der Waals surface area (Å²) in [6.45, 7) is 2.51. The van der Waals surface area contributed by atoms with Gasteiger partial charge in [-0.25, -0.2) is 0 Å². The van der Waals surface area contributed by atoms with Crippen molar-refractivity contribution >= 4 is 10.2 Å². The Balaban J connectivity index is 1.84. The molecule has 110 valence electrons. The van der Waals surface area contributed by atoms with Crippen molar-refractivity contribution in [2.24, 2.45) is 0 Å². The van der Waals surface area contributed by atoms with Crippen molar-refractivity contribution < 1.29 is 13.2 Å². The number of hydrogen-bond acceptors (Lipinski definition) is 3. The molecule has 0 aliphatic carbocycles. The molecule has 2 saturated heterocycles. The van der Waals surface area contributed by atoms with Gasteiger partial charge in [0.15, 0.2) is 0 Å². The topological polar surface area (TPSA) is 49.9 Å². The lowest BCUT2D eigenvalue weighted by Crippen LogP contribution is -2.48. The molecule has 3 rings (SSSR count). The second-order valence-electron chi connectivity index (χ2n) is 5.20. The number of ether oxygens (including phenoxy) is 1. The summed E-state index contributed by atoms with van der Waals surface area (Å²) in [5.41, 5.74) is 1.09. The first-order valence-electron chi connectivity index (χ1n) is 7.09. The van der Waals surface area contributed by atoms with Gasteiger partial charge in [-0.2, -0.15) is 17.0 Å². The molecular weight excluding hydrogens is 276 g/mol. The lowest BCUT2D eigenvalue weighted by Gasteiger charge is -2.33. The van der Waals surface area contributed by atoms with Crippen LogP contribution in [0.4, 0.5) is 0 Å². The van der Waals surface area contributed by atoms with Gasteiger partial charge < -0.3 is 4.74 Å². The second-order valence-corrected chi connectivity index (χ2v) is 7.08. The van der Waals surface area contributed by atoms with Crippen LogP contribution in [-0.4, -0.2) is 49.9 Å². The van der Waals surface area contributed by atoms with E-state index in [2.05, 4.69) is 0 Å². The summed E-state index contributed by atoms with van der Waals surface area (Å²) in [7, 11) is -3.37. The second kappa shape index (κ2) is 5.81. The standard InChI is InChI=1S/C14H20N2O3S/c17-20(18,15-9-11-19-12-10-15)16-8-4-7-14(16)13-5-2-1-3-6-13/h1-3,5-6,14H,4,7-12H2. The minimum Gasteiger partial charge on any atom is -0.379 e. The Kier molecular flexibility index (Phi) is 4.07. The fraction of sp³-hybridized carbons (Fsp3) is 0.571. The van der Waals surface area contributed by atoms with Crippen LogP contribution in [-0.2, 0) is 14.9 Å². The highest BCUT2D eigenvalue weighted by Gasteiger charge is 2.39. The van der Waals surface area contributed by atoms with Crippen LogP contribution in [0.5, 0.6) is 0 Å². The van der Waals surface area contributed by atoms with Crippen molar-refractivity contribution in [2.45, 2.75) is 18.9 Å². The van der Waals surface area contributed by atoms with Crippen LogP contribution in [0.15, 0.2) is 30.3 Å². The molecule has 2 aliphatic heterocycles. The average Bonchev–Trinajstić information content (AvgIpc) is 2.99. The van der Waals surface area contributed by atoms with Crippen LogP contribution >= 0.6 is 0 Å². The lowest BCUT2D eigenvalue weighted by molar-refractivity contribution is 0.0699. The molecule has 0 amide bonds. The van der Waals surface area contributed by atoms with Crippen LogP contribution < -0.4 is 0 Å². The number of nitrogens with zero attached hydrogens (tertiary/aromatic N) is 2. The van der Waals surface area contributed by atoms with E-state index in [0.29, 0.717) is 32.8 Å². The molecule has 2 heterocycles. The highest BCUT2D eigenvalue weighted by atomic mass is 32.2. The molecule has 6 heteroatoms. The van der Waals surface area contributed by atoms with Gasteiger partial charge in [0.05, 0.1) is 19.3 Å². The van der Waals surface area contributed by atoms with Gasteiger partial charge in [0, 0.05) is 19.6 Å². The summed E-state index contributed by atoms with van der Waals surface area (Å²) < 4.78 is 34.0. The van der Waals surface area contributed by atoms with Gasteiger partial charge in [-0.15, -0.1) is 0 Å². The summed E-state index contributed by atoms with van der Waals surface area (Å²) in [4.78, 5) is 0. The molecule has 1 aromatic carbocycles. The third-order valence-electron chi connectivity index (χ3n) is 3.98. The molecular formula is C14H20N2O3S.